The Morgan fingerprint density at radius 3 is 2.60 bits per heavy atom. The first kappa shape index (κ1) is 17.0. The van der Waals surface area contributed by atoms with Crippen molar-refractivity contribution in [3.05, 3.63) is 48.0 Å². The quantitative estimate of drug-likeness (QED) is 0.715. The minimum Gasteiger partial charge on any atom is -0.436 e. The fourth-order valence-electron chi connectivity index (χ4n) is 2.36. The zero-order valence-electron chi connectivity index (χ0n) is 13.5. The van der Waals surface area contributed by atoms with E-state index in [1.54, 1.807) is 6.07 Å². The Kier molecular flexibility index (Phi) is 4.24. The molecule has 4 nitrogen and oxygen atoms in total. The third-order valence-electron chi connectivity index (χ3n) is 3.70. The summed E-state index contributed by atoms with van der Waals surface area (Å²) in [4.78, 5) is 15.4. The topological polar surface area (TPSA) is 55.1 Å². The lowest BCUT2D eigenvalue weighted by Crippen LogP contribution is -2.29. The van der Waals surface area contributed by atoms with E-state index in [2.05, 4.69) is 18.8 Å². The molecule has 130 valence electrons. The zero-order chi connectivity index (χ0) is 18.2. The summed E-state index contributed by atoms with van der Waals surface area (Å²) >= 11 is 0. The molecular formula is C18H15F3N2O2. The van der Waals surface area contributed by atoms with Crippen molar-refractivity contribution in [2.24, 2.45) is 0 Å². The fraction of sp³-hybridized carbons (Fsp3) is 0.222. The summed E-state index contributed by atoms with van der Waals surface area (Å²) in [6, 6.07) is 11.6. The standard InChI is InChI=1S/C18H15F3N2O2/c1-10(2)11-6-7-15-14(9-11)23-16(25-15)12-4-3-5-13(8-12)22-17(24)18(19,20)21/h3-10H,1-2H3,(H,22,24). The van der Waals surface area contributed by atoms with Gasteiger partial charge < -0.3 is 9.73 Å². The Morgan fingerprint density at radius 2 is 1.92 bits per heavy atom. The average molecular weight is 348 g/mol. The van der Waals surface area contributed by atoms with Gasteiger partial charge in [0, 0.05) is 11.3 Å². The first-order valence-corrected chi connectivity index (χ1v) is 7.63. The van der Waals surface area contributed by atoms with Crippen LogP contribution in [0.25, 0.3) is 22.6 Å². The number of oxazole rings is 1. The van der Waals surface area contributed by atoms with Crippen molar-refractivity contribution in [2.75, 3.05) is 5.32 Å². The minimum atomic E-state index is -4.94. The number of aromatic nitrogens is 1. The lowest BCUT2D eigenvalue weighted by atomic mass is 10.0. The van der Waals surface area contributed by atoms with Gasteiger partial charge >= 0.3 is 12.1 Å². The van der Waals surface area contributed by atoms with Gasteiger partial charge in [0.15, 0.2) is 5.58 Å². The van der Waals surface area contributed by atoms with Gasteiger partial charge in [-0.15, -0.1) is 0 Å². The molecule has 0 aliphatic heterocycles. The number of fused-ring (bicyclic) bond motifs is 1. The fourth-order valence-corrected chi connectivity index (χ4v) is 2.36. The van der Waals surface area contributed by atoms with Crippen molar-refractivity contribution < 1.29 is 22.4 Å². The number of rotatable bonds is 3. The number of alkyl halides is 3. The number of halogens is 3. The number of hydrogen-bond donors (Lipinski definition) is 1. The highest BCUT2D eigenvalue weighted by Crippen LogP contribution is 2.28. The summed E-state index contributed by atoms with van der Waals surface area (Å²) in [5, 5.41) is 1.82. The molecule has 0 radical (unpaired) electrons. The van der Waals surface area contributed by atoms with Crippen LogP contribution in [0.2, 0.25) is 0 Å². The predicted molar refractivity (Wildman–Crippen MR) is 88.2 cm³/mol. The van der Waals surface area contributed by atoms with E-state index in [1.807, 2.05) is 23.5 Å². The van der Waals surface area contributed by atoms with E-state index in [4.69, 9.17) is 4.42 Å². The highest BCUT2D eigenvalue weighted by atomic mass is 19.4. The molecule has 0 fully saturated rings. The molecule has 3 aromatic rings. The zero-order valence-corrected chi connectivity index (χ0v) is 13.5. The number of nitrogens with zero attached hydrogens (tertiary/aromatic N) is 1. The molecule has 1 aromatic heterocycles. The van der Waals surface area contributed by atoms with E-state index in [1.165, 1.54) is 18.2 Å². The molecule has 3 rings (SSSR count). The lowest BCUT2D eigenvalue weighted by Gasteiger charge is -2.08. The molecular weight excluding hydrogens is 333 g/mol. The lowest BCUT2D eigenvalue weighted by molar-refractivity contribution is -0.167. The maximum atomic E-state index is 12.4. The van der Waals surface area contributed by atoms with Gasteiger partial charge in [-0.3, -0.25) is 4.79 Å². The molecule has 1 amide bonds. The number of benzene rings is 2. The summed E-state index contributed by atoms with van der Waals surface area (Å²) in [5.41, 5.74) is 2.86. The van der Waals surface area contributed by atoms with E-state index in [9.17, 15) is 18.0 Å². The Hall–Kier alpha value is -2.83. The van der Waals surface area contributed by atoms with Crippen LogP contribution in [0.3, 0.4) is 0 Å². The van der Waals surface area contributed by atoms with Crippen LogP contribution in [-0.4, -0.2) is 17.1 Å². The molecule has 0 unspecified atom stereocenters. The molecule has 0 aliphatic rings. The molecule has 0 aliphatic carbocycles. The predicted octanol–water partition coefficient (Wildman–Crippen LogP) is 5.12. The van der Waals surface area contributed by atoms with E-state index < -0.39 is 12.1 Å². The second-order valence-corrected chi connectivity index (χ2v) is 5.93. The van der Waals surface area contributed by atoms with E-state index in [0.717, 1.165) is 5.56 Å². The Balaban J connectivity index is 1.93. The second-order valence-electron chi connectivity index (χ2n) is 5.93. The maximum Gasteiger partial charge on any atom is 0.471 e. The number of carbonyl (C=O) groups is 1. The van der Waals surface area contributed by atoms with E-state index in [-0.39, 0.29) is 11.6 Å². The molecule has 0 saturated carbocycles. The normalized spacial score (nSPS) is 11.9. The summed E-state index contributed by atoms with van der Waals surface area (Å²) in [7, 11) is 0. The number of nitrogens with one attached hydrogen (secondary N) is 1. The molecule has 1 N–H and O–H groups in total. The van der Waals surface area contributed by atoms with Crippen LogP contribution in [-0.2, 0) is 4.79 Å². The smallest absolute Gasteiger partial charge is 0.436 e. The van der Waals surface area contributed by atoms with E-state index in [0.29, 0.717) is 22.6 Å². The first-order chi connectivity index (χ1) is 11.7. The third kappa shape index (κ3) is 3.65. The molecule has 0 saturated heterocycles. The molecule has 25 heavy (non-hydrogen) atoms. The monoisotopic (exact) mass is 348 g/mol. The molecule has 1 heterocycles. The van der Waals surface area contributed by atoms with Crippen molar-refractivity contribution in [2.45, 2.75) is 25.9 Å². The molecule has 2 aromatic carbocycles. The molecule has 7 heteroatoms. The van der Waals surface area contributed by atoms with Gasteiger partial charge in [0.2, 0.25) is 5.89 Å². The highest BCUT2D eigenvalue weighted by Gasteiger charge is 2.38. The SMILES string of the molecule is CC(C)c1ccc2oc(-c3cccc(NC(=O)C(F)(F)F)c3)nc2c1. The number of carbonyl (C=O) groups excluding carboxylic acids is 1. The molecule has 0 spiro atoms. The number of hydrogen-bond acceptors (Lipinski definition) is 3. The van der Waals surface area contributed by atoms with Crippen LogP contribution < -0.4 is 5.32 Å². The summed E-state index contributed by atoms with van der Waals surface area (Å²) in [6.45, 7) is 4.13. The summed E-state index contributed by atoms with van der Waals surface area (Å²) < 4.78 is 42.7. The van der Waals surface area contributed by atoms with Crippen molar-refractivity contribution in [1.29, 1.82) is 0 Å². The van der Waals surface area contributed by atoms with Crippen molar-refractivity contribution in [3.63, 3.8) is 0 Å². The highest BCUT2D eigenvalue weighted by molar-refractivity contribution is 5.95. The third-order valence-corrected chi connectivity index (χ3v) is 3.70. The van der Waals surface area contributed by atoms with Gasteiger partial charge in [0.25, 0.3) is 0 Å². The Morgan fingerprint density at radius 1 is 1.16 bits per heavy atom. The van der Waals surface area contributed by atoms with Crippen molar-refractivity contribution in [3.8, 4) is 11.5 Å². The molecule has 0 bridgehead atoms. The Bertz CT molecular complexity index is 929. The van der Waals surface area contributed by atoms with Gasteiger partial charge in [-0.2, -0.15) is 13.2 Å². The van der Waals surface area contributed by atoms with Crippen molar-refractivity contribution >= 4 is 22.7 Å². The van der Waals surface area contributed by atoms with Gasteiger partial charge in [-0.05, 0) is 41.8 Å². The van der Waals surface area contributed by atoms with Crippen LogP contribution >= 0.6 is 0 Å². The second kappa shape index (κ2) is 6.23. The van der Waals surface area contributed by atoms with Crippen LogP contribution in [0.4, 0.5) is 18.9 Å². The maximum absolute atomic E-state index is 12.4. The molecule has 0 atom stereocenters. The summed E-state index contributed by atoms with van der Waals surface area (Å²) in [5.74, 6) is -1.41. The minimum absolute atomic E-state index is 0.0185. The average Bonchev–Trinajstić information content (AvgIpc) is 2.97. The van der Waals surface area contributed by atoms with Crippen LogP contribution in [0.15, 0.2) is 46.9 Å². The van der Waals surface area contributed by atoms with Gasteiger partial charge in [-0.25, -0.2) is 4.98 Å². The van der Waals surface area contributed by atoms with Gasteiger partial charge in [0.1, 0.15) is 5.52 Å². The van der Waals surface area contributed by atoms with Gasteiger partial charge in [0.05, 0.1) is 0 Å². The van der Waals surface area contributed by atoms with Gasteiger partial charge in [-0.1, -0.05) is 26.0 Å². The number of anilines is 1. The van der Waals surface area contributed by atoms with Crippen molar-refractivity contribution in [1.82, 2.24) is 4.98 Å². The number of amides is 1. The van der Waals surface area contributed by atoms with E-state index >= 15 is 0 Å². The van der Waals surface area contributed by atoms with Crippen LogP contribution in [0, 0.1) is 0 Å². The first-order valence-electron chi connectivity index (χ1n) is 7.63. The van der Waals surface area contributed by atoms with Crippen LogP contribution in [0.1, 0.15) is 25.3 Å². The van der Waals surface area contributed by atoms with Crippen LogP contribution in [0.5, 0.6) is 0 Å². The Labute approximate surface area is 141 Å². The summed E-state index contributed by atoms with van der Waals surface area (Å²) in [6.07, 6.45) is -4.94. The largest absolute Gasteiger partial charge is 0.471 e.